The van der Waals surface area contributed by atoms with Crippen molar-refractivity contribution < 1.29 is 0 Å². The first kappa shape index (κ1) is 18.2. The van der Waals surface area contributed by atoms with Gasteiger partial charge >= 0.3 is 0 Å². The minimum atomic E-state index is 0.490. The van der Waals surface area contributed by atoms with Gasteiger partial charge in [-0.2, -0.15) is 0 Å². The Morgan fingerprint density at radius 3 is 2.29 bits per heavy atom. The van der Waals surface area contributed by atoms with Gasteiger partial charge in [-0.3, -0.25) is 9.89 Å². The zero-order valence-electron chi connectivity index (χ0n) is 14.6. The average Bonchev–Trinajstić information content (AvgIpc) is 2.40. The van der Waals surface area contributed by atoms with E-state index in [1.165, 1.54) is 0 Å². The average molecular weight is 297 g/mol. The third-order valence-electron chi connectivity index (χ3n) is 4.25. The molecule has 1 rings (SSSR count). The monoisotopic (exact) mass is 297 g/mol. The number of nitrogens with one attached hydrogen (secondary N) is 1. The molecule has 0 saturated carbocycles. The van der Waals surface area contributed by atoms with Crippen LogP contribution < -0.4 is 11.1 Å². The highest BCUT2D eigenvalue weighted by atomic mass is 15.3. The van der Waals surface area contributed by atoms with Crippen molar-refractivity contribution in [2.75, 3.05) is 46.3 Å². The summed E-state index contributed by atoms with van der Waals surface area (Å²) in [5, 5.41) is 3.22. The van der Waals surface area contributed by atoms with Gasteiger partial charge < -0.3 is 16.0 Å². The van der Waals surface area contributed by atoms with Crippen molar-refractivity contribution >= 4 is 5.96 Å². The highest BCUT2D eigenvalue weighted by Gasteiger charge is 2.24. The van der Waals surface area contributed by atoms with Crippen molar-refractivity contribution in [2.24, 2.45) is 22.6 Å². The van der Waals surface area contributed by atoms with Gasteiger partial charge in [-0.15, -0.1) is 0 Å². The van der Waals surface area contributed by atoms with Crippen LogP contribution in [0.4, 0.5) is 0 Å². The number of piperazine rings is 1. The van der Waals surface area contributed by atoms with Crippen molar-refractivity contribution in [3.8, 4) is 0 Å². The fourth-order valence-corrected chi connectivity index (χ4v) is 2.64. The molecular weight excluding hydrogens is 262 g/mol. The van der Waals surface area contributed by atoms with Gasteiger partial charge in [-0.25, -0.2) is 0 Å². The molecule has 0 spiro atoms. The zero-order chi connectivity index (χ0) is 15.8. The summed E-state index contributed by atoms with van der Waals surface area (Å²) in [4.78, 5) is 9.52. The van der Waals surface area contributed by atoms with Crippen LogP contribution in [0.1, 0.15) is 34.1 Å². The summed E-state index contributed by atoms with van der Waals surface area (Å²) in [6, 6.07) is 0.490. The largest absolute Gasteiger partial charge is 0.370 e. The predicted molar refractivity (Wildman–Crippen MR) is 91.6 cm³/mol. The van der Waals surface area contributed by atoms with Crippen LogP contribution in [0.15, 0.2) is 4.99 Å². The van der Waals surface area contributed by atoms with E-state index in [-0.39, 0.29) is 0 Å². The van der Waals surface area contributed by atoms with Gasteiger partial charge in [-0.1, -0.05) is 27.7 Å². The molecule has 0 radical (unpaired) electrons. The van der Waals surface area contributed by atoms with Crippen molar-refractivity contribution in [1.29, 1.82) is 0 Å². The highest BCUT2D eigenvalue weighted by molar-refractivity contribution is 5.77. The van der Waals surface area contributed by atoms with Crippen LogP contribution in [0.5, 0.6) is 0 Å². The molecule has 1 aliphatic heterocycles. The second-order valence-corrected chi connectivity index (χ2v) is 6.99. The summed E-state index contributed by atoms with van der Waals surface area (Å²) in [6.07, 6.45) is 1.13. The lowest BCUT2D eigenvalue weighted by Gasteiger charge is -2.39. The van der Waals surface area contributed by atoms with Gasteiger partial charge in [0, 0.05) is 38.8 Å². The second kappa shape index (κ2) is 9.26. The molecule has 1 heterocycles. The molecule has 1 atom stereocenters. The Hall–Kier alpha value is -0.810. The third-order valence-corrected chi connectivity index (χ3v) is 4.25. The molecular formula is C16H35N5. The first-order valence-corrected chi connectivity index (χ1v) is 8.36. The van der Waals surface area contributed by atoms with E-state index in [0.29, 0.717) is 23.8 Å². The van der Waals surface area contributed by atoms with Gasteiger partial charge in [-0.05, 0) is 25.3 Å². The van der Waals surface area contributed by atoms with Crippen LogP contribution in [0.2, 0.25) is 0 Å². The van der Waals surface area contributed by atoms with E-state index in [1.807, 2.05) is 0 Å². The van der Waals surface area contributed by atoms with Gasteiger partial charge in [0.15, 0.2) is 5.96 Å². The fourth-order valence-electron chi connectivity index (χ4n) is 2.64. The Labute approximate surface area is 131 Å². The Morgan fingerprint density at radius 2 is 1.76 bits per heavy atom. The van der Waals surface area contributed by atoms with Gasteiger partial charge in [0.2, 0.25) is 0 Å². The molecule has 1 saturated heterocycles. The lowest BCUT2D eigenvalue weighted by atomic mass is 10.0. The first-order chi connectivity index (χ1) is 9.90. The number of guanidine groups is 1. The Morgan fingerprint density at radius 1 is 1.14 bits per heavy atom. The maximum atomic E-state index is 5.97. The quantitative estimate of drug-likeness (QED) is 0.548. The number of aliphatic imine (C=N–C) groups is 1. The summed E-state index contributed by atoms with van der Waals surface area (Å²) in [5.74, 6) is 1.88. The van der Waals surface area contributed by atoms with Gasteiger partial charge in [0.25, 0.3) is 0 Å². The molecule has 1 unspecified atom stereocenters. The maximum absolute atomic E-state index is 5.97. The maximum Gasteiger partial charge on any atom is 0.188 e. The minimum Gasteiger partial charge on any atom is -0.370 e. The lowest BCUT2D eigenvalue weighted by molar-refractivity contribution is 0.0925. The topological polar surface area (TPSA) is 56.9 Å². The predicted octanol–water partition coefficient (Wildman–Crippen LogP) is 1.21. The molecule has 124 valence electrons. The zero-order valence-corrected chi connectivity index (χ0v) is 14.6. The molecule has 0 aromatic carbocycles. The van der Waals surface area contributed by atoms with E-state index >= 15 is 0 Å². The third kappa shape index (κ3) is 7.14. The minimum absolute atomic E-state index is 0.490. The van der Waals surface area contributed by atoms with Crippen molar-refractivity contribution in [2.45, 2.75) is 40.2 Å². The molecule has 1 aliphatic rings. The van der Waals surface area contributed by atoms with Crippen LogP contribution in [0.3, 0.4) is 0 Å². The molecule has 3 N–H and O–H groups in total. The van der Waals surface area contributed by atoms with E-state index < -0.39 is 0 Å². The molecule has 5 nitrogen and oxygen atoms in total. The van der Waals surface area contributed by atoms with E-state index in [1.54, 1.807) is 0 Å². The van der Waals surface area contributed by atoms with E-state index in [2.05, 4.69) is 54.9 Å². The van der Waals surface area contributed by atoms with Gasteiger partial charge in [0.1, 0.15) is 0 Å². The number of likely N-dealkylation sites (N-methyl/N-ethyl adjacent to an activating group) is 1. The number of hydrogen-bond donors (Lipinski definition) is 2. The first-order valence-electron chi connectivity index (χ1n) is 8.36. The van der Waals surface area contributed by atoms with Crippen LogP contribution in [0, 0.1) is 11.8 Å². The SMILES string of the molecule is CC(C)CCNC(N)=NCC(C(C)C)N1CCN(C)CC1. The number of rotatable bonds is 7. The molecule has 1 fully saturated rings. The van der Waals surface area contributed by atoms with Gasteiger partial charge in [0.05, 0.1) is 6.54 Å². The number of nitrogens with zero attached hydrogens (tertiary/aromatic N) is 3. The molecule has 0 amide bonds. The van der Waals surface area contributed by atoms with Crippen molar-refractivity contribution in [3.05, 3.63) is 0 Å². The summed E-state index contributed by atoms with van der Waals surface area (Å²) in [7, 11) is 2.19. The molecule has 0 bridgehead atoms. The Balaban J connectivity index is 2.43. The smallest absolute Gasteiger partial charge is 0.188 e. The van der Waals surface area contributed by atoms with Crippen LogP contribution in [-0.2, 0) is 0 Å². The lowest BCUT2D eigenvalue weighted by Crippen LogP contribution is -2.52. The van der Waals surface area contributed by atoms with Crippen LogP contribution >= 0.6 is 0 Å². The standard InChI is InChI=1S/C16H35N5/c1-13(2)6-7-18-16(17)19-12-15(14(3)4)21-10-8-20(5)9-11-21/h13-15H,6-12H2,1-5H3,(H3,17,18,19). The molecule has 0 aromatic heterocycles. The van der Waals surface area contributed by atoms with Crippen molar-refractivity contribution in [3.63, 3.8) is 0 Å². The number of nitrogens with two attached hydrogens (primary N) is 1. The summed E-state index contributed by atoms with van der Waals surface area (Å²) in [5.41, 5.74) is 5.97. The summed E-state index contributed by atoms with van der Waals surface area (Å²) >= 11 is 0. The number of hydrogen-bond acceptors (Lipinski definition) is 3. The summed E-state index contributed by atoms with van der Waals surface area (Å²) in [6.45, 7) is 15.3. The fraction of sp³-hybridized carbons (Fsp3) is 0.938. The van der Waals surface area contributed by atoms with E-state index in [9.17, 15) is 0 Å². The molecule has 5 heteroatoms. The van der Waals surface area contributed by atoms with E-state index in [0.717, 1.165) is 45.7 Å². The Kier molecular flexibility index (Phi) is 8.04. The van der Waals surface area contributed by atoms with Crippen LogP contribution in [-0.4, -0.2) is 68.1 Å². The summed E-state index contributed by atoms with van der Waals surface area (Å²) < 4.78 is 0. The van der Waals surface area contributed by atoms with Crippen molar-refractivity contribution in [1.82, 2.24) is 15.1 Å². The molecule has 21 heavy (non-hydrogen) atoms. The van der Waals surface area contributed by atoms with Crippen LogP contribution in [0.25, 0.3) is 0 Å². The molecule has 0 aromatic rings. The van der Waals surface area contributed by atoms with E-state index in [4.69, 9.17) is 5.73 Å². The normalized spacial score (nSPS) is 20.2. The molecule has 0 aliphatic carbocycles. The second-order valence-electron chi connectivity index (χ2n) is 6.99. The Bertz CT molecular complexity index is 306. The highest BCUT2D eigenvalue weighted by Crippen LogP contribution is 2.13.